The molecule has 1 fully saturated rings. The van der Waals surface area contributed by atoms with E-state index in [2.05, 4.69) is 6.58 Å². The van der Waals surface area contributed by atoms with E-state index in [1.807, 2.05) is 6.92 Å². The second-order valence-electron chi connectivity index (χ2n) is 5.96. The van der Waals surface area contributed by atoms with Gasteiger partial charge in [-0.2, -0.15) is 22.0 Å². The molecular formula is C16H25F5O2. The molecule has 0 radical (unpaired) electrons. The molecule has 1 aliphatic rings. The van der Waals surface area contributed by atoms with Gasteiger partial charge in [-0.1, -0.05) is 32.3 Å². The van der Waals surface area contributed by atoms with Gasteiger partial charge in [0.05, 0.1) is 0 Å². The molecule has 0 spiro atoms. The van der Waals surface area contributed by atoms with Crippen LogP contribution >= 0.6 is 0 Å². The number of hydrogen-bond donors (Lipinski definition) is 0. The van der Waals surface area contributed by atoms with E-state index in [1.54, 1.807) is 0 Å². The standard InChI is InChI=1S/C16H25F5O2/c1-4-6-11-22-12(3)23-14(15(17,18)16(19,20)21)10-8-7-9-13(14)5-2/h5,12-13H,2,4,6-11H2,1,3H3. The maximum atomic E-state index is 14.3. The molecule has 1 aliphatic carbocycles. The zero-order valence-corrected chi connectivity index (χ0v) is 13.6. The van der Waals surface area contributed by atoms with Crippen molar-refractivity contribution in [3.63, 3.8) is 0 Å². The van der Waals surface area contributed by atoms with Crippen molar-refractivity contribution in [2.24, 2.45) is 5.92 Å². The second-order valence-corrected chi connectivity index (χ2v) is 5.96. The molecule has 0 bridgehead atoms. The number of alkyl halides is 5. The van der Waals surface area contributed by atoms with Crippen molar-refractivity contribution in [3.8, 4) is 0 Å². The van der Waals surface area contributed by atoms with Crippen molar-refractivity contribution in [1.82, 2.24) is 0 Å². The van der Waals surface area contributed by atoms with Crippen LogP contribution in [0.15, 0.2) is 12.7 Å². The minimum absolute atomic E-state index is 0.191. The highest BCUT2D eigenvalue weighted by atomic mass is 19.4. The van der Waals surface area contributed by atoms with Gasteiger partial charge in [0.2, 0.25) is 0 Å². The lowest BCUT2D eigenvalue weighted by Gasteiger charge is -2.48. The smallest absolute Gasteiger partial charge is 0.353 e. The van der Waals surface area contributed by atoms with Gasteiger partial charge >= 0.3 is 12.1 Å². The molecular weight excluding hydrogens is 319 g/mol. The van der Waals surface area contributed by atoms with Crippen LogP contribution in [0.25, 0.3) is 0 Å². The largest absolute Gasteiger partial charge is 0.456 e. The predicted molar refractivity (Wildman–Crippen MR) is 77.3 cm³/mol. The lowest BCUT2D eigenvalue weighted by atomic mass is 9.71. The van der Waals surface area contributed by atoms with Crippen LogP contribution in [0.1, 0.15) is 52.4 Å². The molecule has 0 aromatic carbocycles. The van der Waals surface area contributed by atoms with Crippen molar-refractivity contribution in [1.29, 1.82) is 0 Å². The summed E-state index contributed by atoms with van der Waals surface area (Å²) in [6, 6.07) is 0. The second kappa shape index (κ2) is 7.92. The van der Waals surface area contributed by atoms with E-state index >= 15 is 0 Å². The van der Waals surface area contributed by atoms with E-state index in [0.29, 0.717) is 12.8 Å². The lowest BCUT2D eigenvalue weighted by Crippen LogP contribution is -2.64. The molecule has 0 heterocycles. The molecule has 1 saturated carbocycles. The van der Waals surface area contributed by atoms with Crippen LogP contribution in [-0.4, -0.2) is 30.6 Å². The molecule has 23 heavy (non-hydrogen) atoms. The number of unbranched alkanes of at least 4 members (excludes halogenated alkanes) is 1. The van der Waals surface area contributed by atoms with Crippen molar-refractivity contribution < 1.29 is 31.4 Å². The first-order valence-electron chi connectivity index (χ1n) is 7.99. The Morgan fingerprint density at radius 2 is 1.91 bits per heavy atom. The third-order valence-electron chi connectivity index (χ3n) is 4.31. The molecule has 3 unspecified atom stereocenters. The SMILES string of the molecule is C=CC1CCCCC1(OC(C)OCCCC)C(F)(F)C(F)(F)F. The highest BCUT2D eigenvalue weighted by Crippen LogP contribution is 2.54. The molecule has 0 amide bonds. The van der Waals surface area contributed by atoms with Gasteiger partial charge in [-0.05, 0) is 26.2 Å². The first-order valence-corrected chi connectivity index (χ1v) is 7.99. The van der Waals surface area contributed by atoms with Crippen molar-refractivity contribution >= 4 is 0 Å². The van der Waals surface area contributed by atoms with Gasteiger partial charge in [0, 0.05) is 12.5 Å². The van der Waals surface area contributed by atoms with Gasteiger partial charge < -0.3 is 9.47 Å². The topological polar surface area (TPSA) is 18.5 Å². The summed E-state index contributed by atoms with van der Waals surface area (Å²) in [5.74, 6) is -6.05. The van der Waals surface area contributed by atoms with Gasteiger partial charge in [0.25, 0.3) is 0 Å². The van der Waals surface area contributed by atoms with Gasteiger partial charge in [0.15, 0.2) is 11.9 Å². The Kier molecular flexibility index (Phi) is 7.01. The summed E-state index contributed by atoms with van der Waals surface area (Å²) in [5.41, 5.74) is -2.66. The minimum Gasteiger partial charge on any atom is -0.353 e. The van der Waals surface area contributed by atoms with Gasteiger partial charge in [-0.25, -0.2) is 0 Å². The van der Waals surface area contributed by atoms with E-state index in [1.165, 1.54) is 6.92 Å². The fourth-order valence-electron chi connectivity index (χ4n) is 3.05. The van der Waals surface area contributed by atoms with Crippen molar-refractivity contribution in [2.75, 3.05) is 6.61 Å². The fourth-order valence-corrected chi connectivity index (χ4v) is 3.05. The normalized spacial score (nSPS) is 27.7. The average molecular weight is 344 g/mol. The zero-order chi connectivity index (χ0) is 17.7. The van der Waals surface area contributed by atoms with Crippen LogP contribution in [0.3, 0.4) is 0 Å². The lowest BCUT2D eigenvalue weighted by molar-refractivity contribution is -0.382. The summed E-state index contributed by atoms with van der Waals surface area (Å²) in [6.07, 6.45) is -3.54. The van der Waals surface area contributed by atoms with E-state index in [4.69, 9.17) is 9.47 Å². The molecule has 136 valence electrons. The highest BCUT2D eigenvalue weighted by Gasteiger charge is 2.73. The Balaban J connectivity index is 3.08. The van der Waals surface area contributed by atoms with Gasteiger partial charge in [0.1, 0.15) is 0 Å². The Hall–Kier alpha value is -0.690. The third-order valence-corrected chi connectivity index (χ3v) is 4.31. The average Bonchev–Trinajstić information content (AvgIpc) is 2.46. The molecule has 0 N–H and O–H groups in total. The van der Waals surface area contributed by atoms with Crippen LogP contribution in [0, 0.1) is 5.92 Å². The quantitative estimate of drug-likeness (QED) is 0.251. The van der Waals surface area contributed by atoms with Gasteiger partial charge in [-0.15, -0.1) is 6.58 Å². The summed E-state index contributed by atoms with van der Waals surface area (Å²) in [7, 11) is 0. The first-order chi connectivity index (χ1) is 10.6. The Bertz CT molecular complexity index is 383. The van der Waals surface area contributed by atoms with E-state index in [9.17, 15) is 22.0 Å². The third kappa shape index (κ3) is 4.24. The highest BCUT2D eigenvalue weighted by molar-refractivity contribution is 5.10. The number of rotatable bonds is 8. The van der Waals surface area contributed by atoms with E-state index in [-0.39, 0.29) is 25.9 Å². The monoisotopic (exact) mass is 344 g/mol. The Labute approximate surface area is 134 Å². The molecule has 0 aromatic rings. The molecule has 1 rings (SSSR count). The molecule has 0 saturated heterocycles. The summed E-state index contributed by atoms with van der Waals surface area (Å²) in [5, 5.41) is 0. The summed E-state index contributed by atoms with van der Waals surface area (Å²) in [6.45, 7) is 6.97. The zero-order valence-electron chi connectivity index (χ0n) is 13.6. The predicted octanol–water partition coefficient (Wildman–Crippen LogP) is 5.48. The molecule has 0 aliphatic heterocycles. The molecule has 0 aromatic heterocycles. The maximum absolute atomic E-state index is 14.3. The summed E-state index contributed by atoms with van der Waals surface area (Å²) in [4.78, 5) is 0. The molecule has 2 nitrogen and oxygen atoms in total. The minimum atomic E-state index is -5.69. The van der Waals surface area contributed by atoms with Crippen LogP contribution in [0.2, 0.25) is 0 Å². The van der Waals surface area contributed by atoms with Crippen LogP contribution < -0.4 is 0 Å². The van der Waals surface area contributed by atoms with E-state index < -0.39 is 29.9 Å². The Morgan fingerprint density at radius 3 is 2.43 bits per heavy atom. The Morgan fingerprint density at radius 1 is 1.26 bits per heavy atom. The van der Waals surface area contributed by atoms with E-state index in [0.717, 1.165) is 12.5 Å². The van der Waals surface area contributed by atoms with Gasteiger partial charge in [-0.3, -0.25) is 0 Å². The first kappa shape index (κ1) is 20.4. The summed E-state index contributed by atoms with van der Waals surface area (Å²) < 4.78 is 78.2. The van der Waals surface area contributed by atoms with Crippen LogP contribution in [0.4, 0.5) is 22.0 Å². The van der Waals surface area contributed by atoms with Crippen molar-refractivity contribution in [2.45, 2.75) is 76.4 Å². The van der Waals surface area contributed by atoms with Crippen LogP contribution in [-0.2, 0) is 9.47 Å². The number of halogens is 5. The number of hydrogen-bond acceptors (Lipinski definition) is 2. The molecule has 3 atom stereocenters. The maximum Gasteiger partial charge on any atom is 0.456 e. The van der Waals surface area contributed by atoms with Crippen LogP contribution in [0.5, 0.6) is 0 Å². The molecule has 7 heteroatoms. The summed E-state index contributed by atoms with van der Waals surface area (Å²) >= 11 is 0. The fraction of sp³-hybridized carbons (Fsp3) is 0.875. The van der Waals surface area contributed by atoms with Crippen molar-refractivity contribution in [3.05, 3.63) is 12.7 Å². The number of ether oxygens (including phenoxy) is 2.